The van der Waals surface area contributed by atoms with Crippen molar-refractivity contribution in [3.63, 3.8) is 0 Å². The highest BCUT2D eigenvalue weighted by molar-refractivity contribution is 6.30. The molecule has 118 valence electrons. The summed E-state index contributed by atoms with van der Waals surface area (Å²) in [5.41, 5.74) is 0.324. The molecule has 0 atom stereocenters. The van der Waals surface area contributed by atoms with Gasteiger partial charge in [0.2, 0.25) is 17.6 Å². The summed E-state index contributed by atoms with van der Waals surface area (Å²) >= 11 is 5.58. The van der Waals surface area contributed by atoms with Crippen molar-refractivity contribution in [3.05, 3.63) is 41.3 Å². The summed E-state index contributed by atoms with van der Waals surface area (Å²) < 4.78 is 18.3. The molecule has 2 heterocycles. The Morgan fingerprint density at radius 1 is 1.43 bits per heavy atom. The normalized spacial score (nSPS) is 10.7. The number of benzene rings is 1. The van der Waals surface area contributed by atoms with Gasteiger partial charge in [-0.1, -0.05) is 16.8 Å². The number of aromatic amines is 1. The van der Waals surface area contributed by atoms with Crippen LogP contribution in [-0.2, 0) is 11.2 Å². The fraction of sp³-hybridized carbons (Fsp3) is 0.154. The number of amides is 1. The summed E-state index contributed by atoms with van der Waals surface area (Å²) in [6.07, 6.45) is 1.66. The maximum atomic E-state index is 13.3. The lowest BCUT2D eigenvalue weighted by Crippen LogP contribution is -2.12. The van der Waals surface area contributed by atoms with E-state index in [9.17, 15) is 9.18 Å². The second-order valence-electron chi connectivity index (χ2n) is 4.52. The molecule has 10 heteroatoms. The molecule has 0 aliphatic heterocycles. The Morgan fingerprint density at radius 2 is 2.30 bits per heavy atom. The molecule has 0 unspecified atom stereocenters. The maximum absolute atomic E-state index is 13.3. The van der Waals surface area contributed by atoms with E-state index in [1.54, 1.807) is 0 Å². The maximum Gasteiger partial charge on any atom is 0.239 e. The fourth-order valence-corrected chi connectivity index (χ4v) is 1.90. The Kier molecular flexibility index (Phi) is 4.29. The van der Waals surface area contributed by atoms with Crippen molar-refractivity contribution >= 4 is 23.2 Å². The van der Waals surface area contributed by atoms with Crippen LogP contribution < -0.4 is 5.32 Å². The standard InChI is InChI=1S/C13H10ClFN6O2/c14-8-2-1-7(5-9(8)15)18-10(22)3-4-11-19-13(21-23-11)12-16-6-17-20-12/h1-2,5-6H,3-4H2,(H,18,22)(H,16,17,20). The number of nitrogens with one attached hydrogen (secondary N) is 2. The minimum atomic E-state index is -0.599. The monoisotopic (exact) mass is 336 g/mol. The summed E-state index contributed by atoms with van der Waals surface area (Å²) in [4.78, 5) is 19.8. The Hall–Kier alpha value is -2.81. The van der Waals surface area contributed by atoms with Crippen LogP contribution in [0.1, 0.15) is 12.3 Å². The molecule has 0 bridgehead atoms. The number of H-pyrrole nitrogens is 1. The third-order valence-electron chi connectivity index (χ3n) is 2.86. The number of nitrogens with zero attached hydrogens (tertiary/aromatic N) is 4. The first-order valence-corrected chi connectivity index (χ1v) is 6.93. The summed E-state index contributed by atoms with van der Waals surface area (Å²) in [6.45, 7) is 0. The molecule has 0 aliphatic carbocycles. The summed E-state index contributed by atoms with van der Waals surface area (Å²) in [5.74, 6) is 0.0109. The van der Waals surface area contributed by atoms with Crippen molar-refractivity contribution in [2.24, 2.45) is 0 Å². The molecule has 2 N–H and O–H groups in total. The third-order valence-corrected chi connectivity index (χ3v) is 3.17. The molecule has 0 saturated heterocycles. The average molecular weight is 337 g/mol. The van der Waals surface area contributed by atoms with E-state index in [4.69, 9.17) is 16.1 Å². The van der Waals surface area contributed by atoms with E-state index < -0.39 is 5.82 Å². The average Bonchev–Trinajstić information content (AvgIpc) is 3.19. The molecule has 2 aromatic heterocycles. The van der Waals surface area contributed by atoms with E-state index in [0.29, 0.717) is 11.5 Å². The lowest BCUT2D eigenvalue weighted by molar-refractivity contribution is -0.116. The van der Waals surface area contributed by atoms with Gasteiger partial charge in [-0.2, -0.15) is 10.1 Å². The first kappa shape index (κ1) is 15.1. The van der Waals surface area contributed by atoms with Gasteiger partial charge in [-0.25, -0.2) is 9.37 Å². The van der Waals surface area contributed by atoms with Gasteiger partial charge < -0.3 is 9.84 Å². The van der Waals surface area contributed by atoms with Gasteiger partial charge in [-0.15, -0.1) is 0 Å². The highest BCUT2D eigenvalue weighted by Crippen LogP contribution is 2.19. The predicted octanol–water partition coefficient (Wildman–Crippen LogP) is 2.22. The van der Waals surface area contributed by atoms with Crippen molar-refractivity contribution in [1.82, 2.24) is 25.3 Å². The minimum Gasteiger partial charge on any atom is -0.339 e. The second kappa shape index (κ2) is 6.53. The zero-order valence-corrected chi connectivity index (χ0v) is 12.3. The molecule has 0 saturated carbocycles. The van der Waals surface area contributed by atoms with Crippen LogP contribution in [0.4, 0.5) is 10.1 Å². The van der Waals surface area contributed by atoms with Crippen LogP contribution in [0, 0.1) is 5.82 Å². The van der Waals surface area contributed by atoms with Gasteiger partial charge in [0.25, 0.3) is 0 Å². The highest BCUT2D eigenvalue weighted by Gasteiger charge is 2.13. The largest absolute Gasteiger partial charge is 0.339 e. The van der Waals surface area contributed by atoms with Crippen LogP contribution >= 0.6 is 11.6 Å². The van der Waals surface area contributed by atoms with Crippen LogP contribution in [0.3, 0.4) is 0 Å². The molecule has 1 aromatic carbocycles. The van der Waals surface area contributed by atoms with Crippen molar-refractivity contribution in [2.45, 2.75) is 12.8 Å². The Balaban J connectivity index is 1.55. The molecule has 3 aromatic rings. The van der Waals surface area contributed by atoms with Gasteiger partial charge in [0.15, 0.2) is 5.82 Å². The summed E-state index contributed by atoms with van der Waals surface area (Å²) in [5, 5.41) is 12.6. The van der Waals surface area contributed by atoms with E-state index in [1.165, 1.54) is 18.5 Å². The van der Waals surface area contributed by atoms with Crippen LogP contribution in [0.2, 0.25) is 5.02 Å². The Labute approximate surface area is 134 Å². The molecule has 0 aliphatic rings. The molecular weight excluding hydrogens is 327 g/mol. The lowest BCUT2D eigenvalue weighted by Gasteiger charge is -2.04. The molecule has 0 fully saturated rings. The SMILES string of the molecule is O=C(CCc1nc(-c2ncn[nH]2)no1)Nc1ccc(Cl)c(F)c1. The number of aromatic nitrogens is 5. The summed E-state index contributed by atoms with van der Waals surface area (Å²) in [6, 6.07) is 4.03. The number of hydrogen-bond acceptors (Lipinski definition) is 6. The summed E-state index contributed by atoms with van der Waals surface area (Å²) in [7, 11) is 0. The van der Waals surface area contributed by atoms with Gasteiger partial charge in [0.1, 0.15) is 12.1 Å². The van der Waals surface area contributed by atoms with Crippen molar-refractivity contribution in [2.75, 3.05) is 5.32 Å². The van der Waals surface area contributed by atoms with Gasteiger partial charge in [-0.05, 0) is 18.2 Å². The van der Waals surface area contributed by atoms with E-state index in [2.05, 4.69) is 30.6 Å². The van der Waals surface area contributed by atoms with Gasteiger partial charge in [-0.3, -0.25) is 9.89 Å². The molecule has 8 nitrogen and oxygen atoms in total. The number of aryl methyl sites for hydroxylation is 1. The molecular formula is C13H10ClFN6O2. The zero-order chi connectivity index (χ0) is 16.2. The lowest BCUT2D eigenvalue weighted by atomic mass is 10.2. The molecule has 0 radical (unpaired) electrons. The number of halogens is 2. The Bertz CT molecular complexity index is 820. The zero-order valence-electron chi connectivity index (χ0n) is 11.6. The van der Waals surface area contributed by atoms with E-state index in [1.807, 2.05) is 0 Å². The highest BCUT2D eigenvalue weighted by atomic mass is 35.5. The van der Waals surface area contributed by atoms with Crippen LogP contribution in [0.5, 0.6) is 0 Å². The van der Waals surface area contributed by atoms with Crippen LogP contribution in [0.25, 0.3) is 11.6 Å². The smallest absolute Gasteiger partial charge is 0.239 e. The number of rotatable bonds is 5. The van der Waals surface area contributed by atoms with E-state index >= 15 is 0 Å². The van der Waals surface area contributed by atoms with Crippen molar-refractivity contribution in [1.29, 1.82) is 0 Å². The number of hydrogen-bond donors (Lipinski definition) is 2. The van der Waals surface area contributed by atoms with Gasteiger partial charge in [0, 0.05) is 18.5 Å². The van der Waals surface area contributed by atoms with Crippen LogP contribution in [0.15, 0.2) is 29.0 Å². The number of anilines is 1. The van der Waals surface area contributed by atoms with Gasteiger partial charge in [0.05, 0.1) is 5.02 Å². The predicted molar refractivity (Wildman–Crippen MR) is 78.0 cm³/mol. The van der Waals surface area contributed by atoms with Crippen molar-refractivity contribution in [3.8, 4) is 11.6 Å². The second-order valence-corrected chi connectivity index (χ2v) is 4.93. The number of carbonyl (C=O) groups excluding carboxylic acids is 1. The van der Waals surface area contributed by atoms with E-state index in [-0.39, 0.29) is 35.5 Å². The number of carbonyl (C=O) groups is 1. The molecule has 1 amide bonds. The van der Waals surface area contributed by atoms with Crippen LogP contribution in [-0.4, -0.2) is 31.2 Å². The fourth-order valence-electron chi connectivity index (χ4n) is 1.78. The molecule has 23 heavy (non-hydrogen) atoms. The van der Waals surface area contributed by atoms with E-state index in [0.717, 1.165) is 6.07 Å². The Morgan fingerprint density at radius 3 is 3.04 bits per heavy atom. The topological polar surface area (TPSA) is 110 Å². The first-order valence-electron chi connectivity index (χ1n) is 6.55. The quantitative estimate of drug-likeness (QED) is 0.739. The molecule has 3 rings (SSSR count). The minimum absolute atomic E-state index is 0.00574. The first-order chi connectivity index (χ1) is 11.1. The van der Waals surface area contributed by atoms with Crippen molar-refractivity contribution < 1.29 is 13.7 Å². The molecule has 0 spiro atoms. The third kappa shape index (κ3) is 3.69. The van der Waals surface area contributed by atoms with Gasteiger partial charge >= 0.3 is 0 Å².